The average molecular weight is 273 g/mol. The van der Waals surface area contributed by atoms with Crippen molar-refractivity contribution in [2.24, 2.45) is 0 Å². The van der Waals surface area contributed by atoms with Crippen molar-refractivity contribution in [3.63, 3.8) is 0 Å². The number of benzene rings is 1. The Balaban J connectivity index is 2.09. The number of nitrogens with one attached hydrogen (secondary N) is 1. The zero-order valence-electron chi connectivity index (χ0n) is 12.6. The SMILES string of the molecule is Cc1c(CNC(C)(C)C)cnn1Cc1cccc(O)c1. The zero-order valence-corrected chi connectivity index (χ0v) is 12.6. The van der Waals surface area contributed by atoms with E-state index in [1.165, 1.54) is 5.56 Å². The molecule has 0 spiro atoms. The molecule has 0 aliphatic carbocycles. The Kier molecular flexibility index (Phi) is 4.14. The van der Waals surface area contributed by atoms with E-state index in [2.05, 4.69) is 38.1 Å². The van der Waals surface area contributed by atoms with E-state index in [4.69, 9.17) is 0 Å². The lowest BCUT2D eigenvalue weighted by Crippen LogP contribution is -2.35. The number of rotatable bonds is 4. The van der Waals surface area contributed by atoms with Gasteiger partial charge in [0.25, 0.3) is 0 Å². The fraction of sp³-hybridized carbons (Fsp3) is 0.438. The highest BCUT2D eigenvalue weighted by atomic mass is 16.3. The van der Waals surface area contributed by atoms with Crippen molar-refractivity contribution in [3.05, 3.63) is 47.3 Å². The van der Waals surface area contributed by atoms with Crippen molar-refractivity contribution in [1.82, 2.24) is 15.1 Å². The number of aromatic hydroxyl groups is 1. The molecule has 1 aromatic carbocycles. The van der Waals surface area contributed by atoms with Gasteiger partial charge in [-0.2, -0.15) is 5.10 Å². The highest BCUT2D eigenvalue weighted by Gasteiger charge is 2.12. The van der Waals surface area contributed by atoms with Gasteiger partial charge >= 0.3 is 0 Å². The number of nitrogens with zero attached hydrogens (tertiary/aromatic N) is 2. The minimum Gasteiger partial charge on any atom is -0.508 e. The number of hydrogen-bond acceptors (Lipinski definition) is 3. The second kappa shape index (κ2) is 5.67. The second-order valence-electron chi connectivity index (χ2n) is 6.19. The molecule has 0 bridgehead atoms. The number of phenols is 1. The van der Waals surface area contributed by atoms with Crippen molar-refractivity contribution < 1.29 is 5.11 Å². The van der Waals surface area contributed by atoms with Gasteiger partial charge in [-0.25, -0.2) is 0 Å². The van der Waals surface area contributed by atoms with Gasteiger partial charge in [0, 0.05) is 23.3 Å². The van der Waals surface area contributed by atoms with Gasteiger partial charge in [0.15, 0.2) is 0 Å². The molecule has 1 aromatic heterocycles. The van der Waals surface area contributed by atoms with Crippen molar-refractivity contribution in [2.75, 3.05) is 0 Å². The van der Waals surface area contributed by atoms with E-state index in [-0.39, 0.29) is 5.54 Å². The molecule has 0 amide bonds. The first-order chi connectivity index (χ1) is 9.35. The highest BCUT2D eigenvalue weighted by Crippen LogP contribution is 2.15. The minimum atomic E-state index is 0.0970. The molecule has 2 N–H and O–H groups in total. The summed E-state index contributed by atoms with van der Waals surface area (Å²) in [6, 6.07) is 7.30. The Hall–Kier alpha value is -1.81. The number of phenolic OH excluding ortho intramolecular Hbond substituents is 1. The first-order valence-corrected chi connectivity index (χ1v) is 6.89. The zero-order chi connectivity index (χ0) is 14.8. The molecule has 0 fully saturated rings. The van der Waals surface area contributed by atoms with Crippen LogP contribution in [0.5, 0.6) is 5.75 Å². The predicted molar refractivity (Wildman–Crippen MR) is 80.8 cm³/mol. The minimum absolute atomic E-state index is 0.0970. The molecule has 0 aliphatic heterocycles. The van der Waals surface area contributed by atoms with Crippen molar-refractivity contribution >= 4 is 0 Å². The standard InChI is InChI=1S/C16H23N3O/c1-12-14(9-17-16(2,3)4)10-18-19(12)11-13-6-5-7-15(20)8-13/h5-8,10,17,20H,9,11H2,1-4H3. The Morgan fingerprint density at radius 1 is 1.30 bits per heavy atom. The summed E-state index contributed by atoms with van der Waals surface area (Å²) >= 11 is 0. The van der Waals surface area contributed by atoms with Gasteiger partial charge < -0.3 is 10.4 Å². The van der Waals surface area contributed by atoms with Crippen LogP contribution in [0.15, 0.2) is 30.5 Å². The van der Waals surface area contributed by atoms with E-state index in [0.29, 0.717) is 12.3 Å². The molecule has 0 unspecified atom stereocenters. The van der Waals surface area contributed by atoms with Crippen LogP contribution in [0.25, 0.3) is 0 Å². The fourth-order valence-electron chi connectivity index (χ4n) is 2.01. The van der Waals surface area contributed by atoms with Gasteiger partial charge in [-0.15, -0.1) is 0 Å². The third-order valence-electron chi connectivity index (χ3n) is 3.26. The van der Waals surface area contributed by atoms with E-state index in [9.17, 15) is 5.11 Å². The Morgan fingerprint density at radius 2 is 2.05 bits per heavy atom. The summed E-state index contributed by atoms with van der Waals surface area (Å²) in [7, 11) is 0. The molecule has 0 saturated heterocycles. The molecular weight excluding hydrogens is 250 g/mol. The van der Waals surface area contributed by atoms with Crippen LogP contribution < -0.4 is 5.32 Å². The van der Waals surface area contributed by atoms with E-state index in [1.54, 1.807) is 12.1 Å². The van der Waals surface area contributed by atoms with Crippen molar-refractivity contribution in [1.29, 1.82) is 0 Å². The van der Waals surface area contributed by atoms with Crippen LogP contribution in [-0.4, -0.2) is 20.4 Å². The van der Waals surface area contributed by atoms with Crippen LogP contribution in [0.4, 0.5) is 0 Å². The summed E-state index contributed by atoms with van der Waals surface area (Å²) in [6.45, 7) is 10.0. The van der Waals surface area contributed by atoms with Crippen molar-refractivity contribution in [3.8, 4) is 5.75 Å². The smallest absolute Gasteiger partial charge is 0.115 e. The van der Waals surface area contributed by atoms with Gasteiger partial charge in [-0.3, -0.25) is 4.68 Å². The molecule has 20 heavy (non-hydrogen) atoms. The molecule has 0 radical (unpaired) electrons. The number of hydrogen-bond donors (Lipinski definition) is 2. The van der Waals surface area contributed by atoms with Gasteiger partial charge in [-0.05, 0) is 45.4 Å². The first-order valence-electron chi connectivity index (χ1n) is 6.89. The first kappa shape index (κ1) is 14.6. The lowest BCUT2D eigenvalue weighted by atomic mass is 10.1. The second-order valence-corrected chi connectivity index (χ2v) is 6.19. The maximum absolute atomic E-state index is 9.50. The summed E-state index contributed by atoms with van der Waals surface area (Å²) in [5, 5.41) is 17.4. The molecule has 1 heterocycles. The lowest BCUT2D eigenvalue weighted by Gasteiger charge is -2.20. The molecule has 108 valence electrons. The highest BCUT2D eigenvalue weighted by molar-refractivity contribution is 5.28. The van der Waals surface area contributed by atoms with Crippen molar-refractivity contribution in [2.45, 2.75) is 46.3 Å². The summed E-state index contributed by atoms with van der Waals surface area (Å²) in [5.41, 5.74) is 3.51. The van der Waals surface area contributed by atoms with Crippen LogP contribution in [0.2, 0.25) is 0 Å². The average Bonchev–Trinajstić information content (AvgIpc) is 2.68. The van der Waals surface area contributed by atoms with Gasteiger partial charge in [0.1, 0.15) is 5.75 Å². The quantitative estimate of drug-likeness (QED) is 0.900. The van der Waals surface area contributed by atoms with Crippen LogP contribution in [0, 0.1) is 6.92 Å². The third kappa shape index (κ3) is 3.84. The van der Waals surface area contributed by atoms with E-state index in [1.807, 2.05) is 23.0 Å². The van der Waals surface area contributed by atoms with Crippen LogP contribution in [0.3, 0.4) is 0 Å². The van der Waals surface area contributed by atoms with Crippen LogP contribution >= 0.6 is 0 Å². The van der Waals surface area contributed by atoms with Crippen LogP contribution in [0.1, 0.15) is 37.6 Å². The topological polar surface area (TPSA) is 50.1 Å². The molecule has 4 nitrogen and oxygen atoms in total. The molecule has 0 atom stereocenters. The van der Waals surface area contributed by atoms with Gasteiger partial charge in [-0.1, -0.05) is 12.1 Å². The normalized spacial score (nSPS) is 11.8. The van der Waals surface area contributed by atoms with Crippen LogP contribution in [-0.2, 0) is 13.1 Å². The Morgan fingerprint density at radius 3 is 2.70 bits per heavy atom. The third-order valence-corrected chi connectivity index (χ3v) is 3.26. The molecule has 2 rings (SSSR count). The number of aromatic nitrogens is 2. The molecule has 2 aromatic rings. The van der Waals surface area contributed by atoms with Gasteiger partial charge in [0.2, 0.25) is 0 Å². The van der Waals surface area contributed by atoms with E-state index >= 15 is 0 Å². The van der Waals surface area contributed by atoms with E-state index < -0.39 is 0 Å². The summed E-state index contributed by atoms with van der Waals surface area (Å²) in [5.74, 6) is 0.293. The Labute approximate surface area is 120 Å². The predicted octanol–water partition coefficient (Wildman–Crippen LogP) is 2.83. The summed E-state index contributed by atoms with van der Waals surface area (Å²) in [4.78, 5) is 0. The Bertz CT molecular complexity index is 582. The maximum atomic E-state index is 9.50. The van der Waals surface area contributed by atoms with E-state index in [0.717, 1.165) is 17.8 Å². The fourth-order valence-corrected chi connectivity index (χ4v) is 2.01. The molecule has 4 heteroatoms. The molecular formula is C16H23N3O. The summed E-state index contributed by atoms with van der Waals surface area (Å²) < 4.78 is 1.97. The van der Waals surface area contributed by atoms with Gasteiger partial charge in [0.05, 0.1) is 12.7 Å². The summed E-state index contributed by atoms with van der Waals surface area (Å²) in [6.07, 6.45) is 1.91. The monoisotopic (exact) mass is 273 g/mol. The maximum Gasteiger partial charge on any atom is 0.115 e. The molecule has 0 saturated carbocycles. The largest absolute Gasteiger partial charge is 0.508 e. The molecule has 0 aliphatic rings. The lowest BCUT2D eigenvalue weighted by molar-refractivity contribution is 0.423.